The van der Waals surface area contributed by atoms with E-state index in [0.717, 1.165) is 12.8 Å². The van der Waals surface area contributed by atoms with E-state index < -0.39 is 10.0 Å². The van der Waals surface area contributed by atoms with Gasteiger partial charge in [-0.05, 0) is 26.2 Å². The summed E-state index contributed by atoms with van der Waals surface area (Å²) >= 11 is 0. The molecule has 3 rings (SSSR count). The Morgan fingerprint density at radius 1 is 1.35 bits per heavy atom. The number of aromatic nitrogens is 4. The van der Waals surface area contributed by atoms with E-state index in [1.165, 1.54) is 0 Å². The number of hydrogen-bond acceptors (Lipinski definition) is 6. The summed E-state index contributed by atoms with van der Waals surface area (Å²) in [5.41, 5.74) is 0. The zero-order valence-corrected chi connectivity index (χ0v) is 14.4. The molecular formula is C14H21N5O3S. The van der Waals surface area contributed by atoms with Crippen LogP contribution < -0.4 is 0 Å². The normalized spacial score (nSPS) is 19.5. The van der Waals surface area contributed by atoms with Gasteiger partial charge in [0.15, 0.2) is 10.9 Å². The maximum Gasteiger partial charge on any atom is 0.262 e. The van der Waals surface area contributed by atoms with Crippen LogP contribution in [0, 0.1) is 13.8 Å². The van der Waals surface area contributed by atoms with Gasteiger partial charge in [-0.2, -0.15) is 9.29 Å². The highest BCUT2D eigenvalue weighted by atomic mass is 32.2. The summed E-state index contributed by atoms with van der Waals surface area (Å²) in [5.74, 6) is 1.84. The van der Waals surface area contributed by atoms with E-state index in [0.29, 0.717) is 36.9 Å². The smallest absolute Gasteiger partial charge is 0.262 e. The van der Waals surface area contributed by atoms with Crippen LogP contribution in [0.2, 0.25) is 0 Å². The van der Waals surface area contributed by atoms with Crippen molar-refractivity contribution in [3.8, 4) is 0 Å². The fourth-order valence-electron chi connectivity index (χ4n) is 2.92. The van der Waals surface area contributed by atoms with Gasteiger partial charge in [-0.1, -0.05) is 5.16 Å². The van der Waals surface area contributed by atoms with Crippen molar-refractivity contribution in [2.75, 3.05) is 6.54 Å². The molecule has 0 spiro atoms. The summed E-state index contributed by atoms with van der Waals surface area (Å²) in [6.07, 6.45) is 4.57. The number of hydrogen-bond donors (Lipinski definition) is 0. The van der Waals surface area contributed by atoms with Crippen molar-refractivity contribution in [3.05, 3.63) is 23.7 Å². The van der Waals surface area contributed by atoms with Crippen molar-refractivity contribution < 1.29 is 12.9 Å². The fraction of sp³-hybridized carbons (Fsp3) is 0.643. The van der Waals surface area contributed by atoms with Gasteiger partial charge in [0, 0.05) is 39.2 Å². The van der Waals surface area contributed by atoms with E-state index in [1.54, 1.807) is 36.0 Å². The Kier molecular flexibility index (Phi) is 4.24. The van der Waals surface area contributed by atoms with Crippen molar-refractivity contribution in [1.29, 1.82) is 0 Å². The minimum absolute atomic E-state index is 0.0406. The molecule has 1 fully saturated rings. The molecule has 1 unspecified atom stereocenters. The van der Waals surface area contributed by atoms with Crippen LogP contribution in [-0.4, -0.2) is 45.0 Å². The molecule has 0 N–H and O–H groups in total. The quantitative estimate of drug-likeness (QED) is 0.812. The lowest BCUT2D eigenvalue weighted by molar-refractivity contribution is 0.360. The van der Waals surface area contributed by atoms with Crippen LogP contribution in [0.5, 0.6) is 0 Å². The molecule has 23 heavy (non-hydrogen) atoms. The van der Waals surface area contributed by atoms with Crippen LogP contribution in [0.3, 0.4) is 0 Å². The lowest BCUT2D eigenvalue weighted by Gasteiger charge is -2.22. The monoisotopic (exact) mass is 339 g/mol. The first-order valence-corrected chi connectivity index (χ1v) is 9.13. The van der Waals surface area contributed by atoms with E-state index in [2.05, 4.69) is 15.1 Å². The topological polar surface area (TPSA) is 94.1 Å². The molecule has 1 atom stereocenters. The Labute approximate surface area is 135 Å². The third kappa shape index (κ3) is 3.16. The second-order valence-electron chi connectivity index (χ2n) is 5.92. The first-order chi connectivity index (χ1) is 10.9. The largest absolute Gasteiger partial charge is 0.340 e. The molecule has 8 nitrogen and oxygen atoms in total. The van der Waals surface area contributed by atoms with E-state index >= 15 is 0 Å². The van der Waals surface area contributed by atoms with Crippen LogP contribution in [0.25, 0.3) is 0 Å². The lowest BCUT2D eigenvalue weighted by atomic mass is 10.1. The highest BCUT2D eigenvalue weighted by molar-refractivity contribution is 7.89. The summed E-state index contributed by atoms with van der Waals surface area (Å²) in [6, 6.07) is -0.0406. The minimum atomic E-state index is -3.55. The van der Waals surface area contributed by atoms with Crippen LogP contribution in [0.1, 0.15) is 36.8 Å². The van der Waals surface area contributed by atoms with Gasteiger partial charge in [-0.25, -0.2) is 13.4 Å². The van der Waals surface area contributed by atoms with Crippen molar-refractivity contribution in [1.82, 2.24) is 24.0 Å². The van der Waals surface area contributed by atoms with Gasteiger partial charge in [0.25, 0.3) is 10.0 Å². The Bertz CT molecular complexity index is 776. The number of nitrogens with zero attached hydrogens (tertiary/aromatic N) is 5. The number of sulfonamides is 1. The molecule has 3 heterocycles. The molecule has 9 heteroatoms. The van der Waals surface area contributed by atoms with Crippen molar-refractivity contribution in [2.24, 2.45) is 7.05 Å². The van der Waals surface area contributed by atoms with Gasteiger partial charge >= 0.3 is 0 Å². The molecular weight excluding hydrogens is 318 g/mol. The average Bonchev–Trinajstić information content (AvgIpc) is 3.19. The zero-order chi connectivity index (χ0) is 16.6. The summed E-state index contributed by atoms with van der Waals surface area (Å²) in [7, 11) is -1.76. The van der Waals surface area contributed by atoms with Crippen molar-refractivity contribution in [2.45, 2.75) is 50.6 Å². The first-order valence-electron chi connectivity index (χ1n) is 7.69. The molecule has 0 bridgehead atoms. The summed E-state index contributed by atoms with van der Waals surface area (Å²) < 4.78 is 33.9. The highest BCUT2D eigenvalue weighted by Gasteiger charge is 2.36. The van der Waals surface area contributed by atoms with E-state index in [9.17, 15) is 8.42 Å². The first kappa shape index (κ1) is 16.1. The second-order valence-corrected chi connectivity index (χ2v) is 7.75. The molecule has 0 radical (unpaired) electrons. The highest BCUT2D eigenvalue weighted by Crippen LogP contribution is 2.28. The standard InChI is InChI=1S/C14H21N5O3S/c1-10-15-14(9-18(10)3)23(20,21)19-8-4-5-12(19)6-7-13-16-11(2)22-17-13/h9,12H,4-8H2,1-3H3. The molecule has 0 amide bonds. The number of rotatable bonds is 5. The molecule has 2 aromatic rings. The molecule has 1 aliphatic heterocycles. The van der Waals surface area contributed by atoms with E-state index in [4.69, 9.17) is 4.52 Å². The van der Waals surface area contributed by atoms with Crippen LogP contribution in [-0.2, 0) is 23.5 Å². The predicted molar refractivity (Wildman–Crippen MR) is 82.2 cm³/mol. The molecule has 126 valence electrons. The average molecular weight is 339 g/mol. The van der Waals surface area contributed by atoms with Crippen LogP contribution >= 0.6 is 0 Å². The molecule has 0 aliphatic carbocycles. The van der Waals surface area contributed by atoms with Crippen LogP contribution in [0.15, 0.2) is 15.7 Å². The SMILES string of the molecule is Cc1nc(CCC2CCCN2S(=O)(=O)c2cn(C)c(C)n2)no1. The van der Waals surface area contributed by atoms with E-state index in [1.807, 2.05) is 0 Å². The number of imidazole rings is 1. The Morgan fingerprint density at radius 2 is 2.13 bits per heavy atom. The van der Waals surface area contributed by atoms with Gasteiger partial charge in [0.1, 0.15) is 5.82 Å². The van der Waals surface area contributed by atoms with Gasteiger partial charge in [-0.3, -0.25) is 0 Å². The maximum atomic E-state index is 12.8. The van der Waals surface area contributed by atoms with Crippen molar-refractivity contribution in [3.63, 3.8) is 0 Å². The van der Waals surface area contributed by atoms with Gasteiger partial charge in [0.05, 0.1) is 0 Å². The van der Waals surface area contributed by atoms with Gasteiger partial charge in [0.2, 0.25) is 5.89 Å². The lowest BCUT2D eigenvalue weighted by Crippen LogP contribution is -2.36. The Hall–Kier alpha value is -1.74. The van der Waals surface area contributed by atoms with E-state index in [-0.39, 0.29) is 11.1 Å². The van der Waals surface area contributed by atoms with Crippen LogP contribution in [0.4, 0.5) is 0 Å². The molecule has 0 aromatic carbocycles. The predicted octanol–water partition coefficient (Wildman–Crippen LogP) is 1.21. The summed E-state index contributed by atoms with van der Waals surface area (Å²) in [4.78, 5) is 8.35. The second kappa shape index (κ2) is 6.04. The summed E-state index contributed by atoms with van der Waals surface area (Å²) in [5, 5.41) is 3.99. The van der Waals surface area contributed by atoms with Crippen molar-refractivity contribution >= 4 is 10.0 Å². The third-order valence-corrected chi connectivity index (χ3v) is 6.08. The third-order valence-electron chi connectivity index (χ3n) is 4.25. The Morgan fingerprint density at radius 3 is 2.74 bits per heavy atom. The summed E-state index contributed by atoms with van der Waals surface area (Å²) in [6.45, 7) is 4.07. The maximum absolute atomic E-state index is 12.8. The molecule has 1 aliphatic rings. The minimum Gasteiger partial charge on any atom is -0.340 e. The molecule has 2 aromatic heterocycles. The van der Waals surface area contributed by atoms with Gasteiger partial charge < -0.3 is 9.09 Å². The number of aryl methyl sites for hydroxylation is 4. The fourth-order valence-corrected chi connectivity index (χ4v) is 4.68. The zero-order valence-electron chi connectivity index (χ0n) is 13.6. The van der Waals surface area contributed by atoms with Gasteiger partial charge in [-0.15, -0.1) is 0 Å². The molecule has 1 saturated heterocycles. The molecule has 0 saturated carbocycles. The Balaban J connectivity index is 1.75.